The van der Waals surface area contributed by atoms with Crippen molar-refractivity contribution >= 4 is 5.91 Å². The van der Waals surface area contributed by atoms with Crippen molar-refractivity contribution in [1.82, 2.24) is 9.80 Å². The Balaban J connectivity index is 1.59. The molecule has 6 heteroatoms. The van der Waals surface area contributed by atoms with Crippen molar-refractivity contribution in [2.24, 2.45) is 0 Å². The van der Waals surface area contributed by atoms with Crippen molar-refractivity contribution < 1.29 is 13.6 Å². The van der Waals surface area contributed by atoms with Crippen molar-refractivity contribution in [2.75, 3.05) is 26.2 Å². The van der Waals surface area contributed by atoms with Crippen LogP contribution in [0.4, 0.5) is 4.39 Å². The molecule has 2 heterocycles. The van der Waals surface area contributed by atoms with Gasteiger partial charge < -0.3 is 9.32 Å². The minimum atomic E-state index is -0.307. The molecule has 124 valence electrons. The van der Waals surface area contributed by atoms with Crippen molar-refractivity contribution in [3.8, 4) is 6.07 Å². The minimum absolute atomic E-state index is 0.111. The molecule has 1 aliphatic heterocycles. The van der Waals surface area contributed by atoms with Crippen LogP contribution in [-0.4, -0.2) is 41.9 Å². The fourth-order valence-electron chi connectivity index (χ4n) is 2.82. The summed E-state index contributed by atoms with van der Waals surface area (Å²) in [4.78, 5) is 16.2. The SMILES string of the molecule is Cc1ccc(C(=O)N2CCN(Cc3cc(C#N)ccc3F)CC2)o1. The van der Waals surface area contributed by atoms with Gasteiger partial charge in [-0.3, -0.25) is 9.69 Å². The van der Waals surface area contributed by atoms with Gasteiger partial charge in [-0.05, 0) is 37.3 Å². The number of hydrogen-bond donors (Lipinski definition) is 0. The number of halogens is 1. The smallest absolute Gasteiger partial charge is 0.289 e. The third-order valence-electron chi connectivity index (χ3n) is 4.18. The highest BCUT2D eigenvalue weighted by Gasteiger charge is 2.24. The molecule has 0 bridgehead atoms. The van der Waals surface area contributed by atoms with Gasteiger partial charge in [0, 0.05) is 38.3 Å². The summed E-state index contributed by atoms with van der Waals surface area (Å²) >= 11 is 0. The van der Waals surface area contributed by atoms with Crippen LogP contribution in [0.1, 0.15) is 27.4 Å². The highest BCUT2D eigenvalue weighted by Crippen LogP contribution is 2.16. The molecule has 2 aromatic rings. The second-order valence-corrected chi connectivity index (χ2v) is 5.90. The molecule has 1 saturated heterocycles. The maximum Gasteiger partial charge on any atom is 0.289 e. The van der Waals surface area contributed by atoms with E-state index in [9.17, 15) is 9.18 Å². The Morgan fingerprint density at radius 1 is 1.25 bits per heavy atom. The number of nitrogens with zero attached hydrogens (tertiary/aromatic N) is 3. The topological polar surface area (TPSA) is 60.5 Å². The van der Waals surface area contributed by atoms with E-state index in [0.717, 1.165) is 0 Å². The minimum Gasteiger partial charge on any atom is -0.456 e. The number of carbonyl (C=O) groups is 1. The molecule has 0 aliphatic carbocycles. The average Bonchev–Trinajstić information content (AvgIpc) is 3.03. The van der Waals surface area contributed by atoms with E-state index < -0.39 is 0 Å². The summed E-state index contributed by atoms with van der Waals surface area (Å²) < 4.78 is 19.3. The highest BCUT2D eigenvalue weighted by atomic mass is 19.1. The summed E-state index contributed by atoms with van der Waals surface area (Å²) in [6.07, 6.45) is 0. The molecule has 1 aromatic carbocycles. The average molecular weight is 327 g/mol. The van der Waals surface area contributed by atoms with E-state index in [-0.39, 0.29) is 11.7 Å². The zero-order valence-electron chi connectivity index (χ0n) is 13.5. The molecule has 0 atom stereocenters. The number of carbonyl (C=O) groups excluding carboxylic acids is 1. The van der Waals surface area contributed by atoms with Gasteiger partial charge in [-0.15, -0.1) is 0 Å². The van der Waals surface area contributed by atoms with Gasteiger partial charge in [-0.1, -0.05) is 0 Å². The van der Waals surface area contributed by atoms with Crippen LogP contribution < -0.4 is 0 Å². The summed E-state index contributed by atoms with van der Waals surface area (Å²) in [7, 11) is 0. The largest absolute Gasteiger partial charge is 0.456 e. The van der Waals surface area contributed by atoms with Crippen LogP contribution in [0.2, 0.25) is 0 Å². The fourth-order valence-corrected chi connectivity index (χ4v) is 2.82. The monoisotopic (exact) mass is 327 g/mol. The third kappa shape index (κ3) is 3.47. The second kappa shape index (κ2) is 6.85. The highest BCUT2D eigenvalue weighted by molar-refractivity contribution is 5.91. The molecule has 0 saturated carbocycles. The van der Waals surface area contributed by atoms with Crippen molar-refractivity contribution in [2.45, 2.75) is 13.5 Å². The molecule has 1 aliphatic rings. The lowest BCUT2D eigenvalue weighted by atomic mass is 10.1. The van der Waals surface area contributed by atoms with E-state index in [1.165, 1.54) is 12.1 Å². The molecule has 1 aromatic heterocycles. The Kier molecular flexibility index (Phi) is 4.63. The van der Waals surface area contributed by atoms with Gasteiger partial charge in [0.2, 0.25) is 0 Å². The van der Waals surface area contributed by atoms with Gasteiger partial charge in [-0.25, -0.2) is 4.39 Å². The zero-order chi connectivity index (χ0) is 17.1. The number of aryl methyl sites for hydroxylation is 1. The molecule has 3 rings (SSSR count). The Morgan fingerprint density at radius 2 is 2.00 bits per heavy atom. The van der Waals surface area contributed by atoms with E-state index in [1.807, 2.05) is 6.07 Å². The molecule has 0 radical (unpaired) electrons. The molecule has 0 unspecified atom stereocenters. The number of hydrogen-bond acceptors (Lipinski definition) is 4. The van der Waals surface area contributed by atoms with E-state index in [0.29, 0.717) is 55.4 Å². The standard InChI is InChI=1S/C18H18FN3O2/c1-13-2-5-17(24-13)18(23)22-8-6-21(7-9-22)12-15-10-14(11-20)3-4-16(15)19/h2-5,10H,6-9,12H2,1H3. The van der Waals surface area contributed by atoms with Gasteiger partial charge in [0.25, 0.3) is 5.91 Å². The van der Waals surface area contributed by atoms with Gasteiger partial charge >= 0.3 is 0 Å². The molecule has 0 spiro atoms. The summed E-state index contributed by atoms with van der Waals surface area (Å²) in [5.41, 5.74) is 0.962. The van der Waals surface area contributed by atoms with E-state index >= 15 is 0 Å². The van der Waals surface area contributed by atoms with Crippen LogP contribution in [0.5, 0.6) is 0 Å². The summed E-state index contributed by atoms with van der Waals surface area (Å²) in [6, 6.07) is 9.87. The van der Waals surface area contributed by atoms with Crippen LogP contribution in [0.15, 0.2) is 34.7 Å². The summed E-state index contributed by atoms with van der Waals surface area (Å²) in [5.74, 6) is 0.650. The van der Waals surface area contributed by atoms with E-state index in [1.54, 1.807) is 30.0 Å². The Labute approximate surface area is 139 Å². The first-order chi connectivity index (χ1) is 11.6. The number of amides is 1. The molecular weight excluding hydrogens is 309 g/mol. The quantitative estimate of drug-likeness (QED) is 0.869. The van der Waals surface area contributed by atoms with Gasteiger partial charge in [0.05, 0.1) is 11.6 Å². The number of piperazine rings is 1. The van der Waals surface area contributed by atoms with Gasteiger partial charge in [0.15, 0.2) is 5.76 Å². The molecule has 1 amide bonds. The van der Waals surface area contributed by atoms with Crippen LogP contribution in [0, 0.1) is 24.1 Å². The lowest BCUT2D eigenvalue weighted by molar-refractivity contribution is 0.0595. The predicted molar refractivity (Wildman–Crippen MR) is 85.7 cm³/mol. The van der Waals surface area contributed by atoms with E-state index in [4.69, 9.17) is 9.68 Å². The summed E-state index contributed by atoms with van der Waals surface area (Å²) in [5, 5.41) is 8.93. The summed E-state index contributed by atoms with van der Waals surface area (Å²) in [6.45, 7) is 4.68. The normalized spacial score (nSPS) is 15.3. The molecule has 0 N–H and O–H groups in total. The first-order valence-corrected chi connectivity index (χ1v) is 7.83. The third-order valence-corrected chi connectivity index (χ3v) is 4.18. The number of benzene rings is 1. The zero-order valence-corrected chi connectivity index (χ0v) is 13.5. The van der Waals surface area contributed by atoms with Crippen LogP contribution in [0.25, 0.3) is 0 Å². The Hall–Kier alpha value is -2.65. The van der Waals surface area contributed by atoms with Crippen LogP contribution in [-0.2, 0) is 6.54 Å². The number of nitriles is 1. The first-order valence-electron chi connectivity index (χ1n) is 7.83. The molecule has 5 nitrogen and oxygen atoms in total. The fraction of sp³-hybridized carbons (Fsp3) is 0.333. The maximum absolute atomic E-state index is 13.9. The first kappa shape index (κ1) is 16.2. The molecular formula is C18H18FN3O2. The Bertz CT molecular complexity index is 786. The molecule has 1 fully saturated rings. The van der Waals surface area contributed by atoms with Crippen LogP contribution in [0.3, 0.4) is 0 Å². The lowest BCUT2D eigenvalue weighted by Crippen LogP contribution is -2.48. The lowest BCUT2D eigenvalue weighted by Gasteiger charge is -2.34. The van der Waals surface area contributed by atoms with E-state index in [2.05, 4.69) is 4.90 Å². The van der Waals surface area contributed by atoms with Crippen molar-refractivity contribution in [1.29, 1.82) is 5.26 Å². The van der Waals surface area contributed by atoms with Crippen molar-refractivity contribution in [3.05, 3.63) is 58.8 Å². The molecule has 24 heavy (non-hydrogen) atoms. The maximum atomic E-state index is 13.9. The number of rotatable bonds is 3. The predicted octanol–water partition coefficient (Wildman–Crippen LogP) is 2.56. The van der Waals surface area contributed by atoms with Gasteiger partial charge in [-0.2, -0.15) is 5.26 Å². The second-order valence-electron chi connectivity index (χ2n) is 5.90. The van der Waals surface area contributed by atoms with Gasteiger partial charge in [0.1, 0.15) is 11.6 Å². The van der Waals surface area contributed by atoms with Crippen LogP contribution >= 0.6 is 0 Å². The Morgan fingerprint density at radius 3 is 2.62 bits per heavy atom. The number of furan rings is 1. The van der Waals surface area contributed by atoms with Crippen molar-refractivity contribution in [3.63, 3.8) is 0 Å².